The molecule has 0 saturated carbocycles. The number of halogens is 1. The molecule has 3 rings (SSSR count). The molecule has 2 aromatic rings. The minimum Gasteiger partial charge on any atom is -0.497 e. The second-order valence-corrected chi connectivity index (χ2v) is 6.36. The van der Waals surface area contributed by atoms with E-state index in [1.54, 1.807) is 24.1 Å². The van der Waals surface area contributed by atoms with Crippen LogP contribution in [0.5, 0.6) is 5.75 Å². The Morgan fingerprint density at radius 3 is 2.84 bits per heavy atom. The van der Waals surface area contributed by atoms with E-state index in [-0.39, 0.29) is 24.3 Å². The van der Waals surface area contributed by atoms with Gasteiger partial charge in [0.25, 0.3) is 0 Å². The lowest BCUT2D eigenvalue weighted by molar-refractivity contribution is -0.132. The number of methoxy groups -OCH3 is 1. The van der Waals surface area contributed by atoms with Gasteiger partial charge in [-0.2, -0.15) is 0 Å². The average Bonchev–Trinajstić information content (AvgIpc) is 3.02. The zero-order valence-electron chi connectivity index (χ0n) is 14.2. The van der Waals surface area contributed by atoms with Gasteiger partial charge in [0.2, 0.25) is 5.91 Å². The molecule has 1 aliphatic rings. The third kappa shape index (κ3) is 4.17. The van der Waals surface area contributed by atoms with Crippen LogP contribution in [0.2, 0.25) is 0 Å². The van der Waals surface area contributed by atoms with Gasteiger partial charge < -0.3 is 14.7 Å². The summed E-state index contributed by atoms with van der Waals surface area (Å²) in [5.41, 5.74) is 1.75. The number of carbonyl (C=O) groups excluding carboxylic acids is 1. The maximum atomic E-state index is 13.5. The van der Waals surface area contributed by atoms with Crippen molar-refractivity contribution in [2.24, 2.45) is 0 Å². The first-order valence-corrected chi connectivity index (χ1v) is 8.42. The van der Waals surface area contributed by atoms with Gasteiger partial charge in [0.1, 0.15) is 11.6 Å². The molecule has 1 saturated heterocycles. The van der Waals surface area contributed by atoms with Gasteiger partial charge in [-0.15, -0.1) is 0 Å². The largest absolute Gasteiger partial charge is 0.497 e. The van der Waals surface area contributed by atoms with E-state index in [0.717, 1.165) is 16.9 Å². The van der Waals surface area contributed by atoms with Crippen LogP contribution in [0.1, 0.15) is 30.0 Å². The Kier molecular flexibility index (Phi) is 5.34. The summed E-state index contributed by atoms with van der Waals surface area (Å²) in [6, 6.07) is 13.6. The zero-order valence-corrected chi connectivity index (χ0v) is 14.2. The molecule has 2 aromatic carbocycles. The first-order chi connectivity index (χ1) is 12.1. The summed E-state index contributed by atoms with van der Waals surface area (Å²) in [4.78, 5) is 14.3. The number of likely N-dealkylation sites (tertiary alicyclic amines) is 1. The molecule has 4 nitrogen and oxygen atoms in total. The Morgan fingerprint density at radius 2 is 2.08 bits per heavy atom. The Morgan fingerprint density at radius 1 is 1.28 bits per heavy atom. The number of nitrogens with zero attached hydrogens (tertiary/aromatic N) is 1. The molecule has 0 spiro atoms. The molecule has 25 heavy (non-hydrogen) atoms. The molecule has 1 amide bonds. The third-order valence-corrected chi connectivity index (χ3v) is 4.59. The lowest BCUT2D eigenvalue weighted by Crippen LogP contribution is -2.32. The Balaban J connectivity index is 1.69. The van der Waals surface area contributed by atoms with E-state index >= 15 is 0 Å². The predicted octanol–water partition coefficient (Wildman–Crippen LogP) is 3.10. The lowest BCUT2D eigenvalue weighted by Gasteiger charge is -2.25. The van der Waals surface area contributed by atoms with Crippen LogP contribution in [0.25, 0.3) is 0 Å². The Bertz CT molecular complexity index is 749. The van der Waals surface area contributed by atoms with Crippen molar-refractivity contribution < 1.29 is 19.0 Å². The van der Waals surface area contributed by atoms with Gasteiger partial charge in [0.15, 0.2) is 0 Å². The van der Waals surface area contributed by atoms with Gasteiger partial charge in [0.05, 0.1) is 19.3 Å². The fraction of sp³-hybridized carbons (Fsp3) is 0.350. The van der Waals surface area contributed by atoms with Crippen LogP contribution in [0.3, 0.4) is 0 Å². The van der Waals surface area contributed by atoms with Crippen molar-refractivity contribution in [1.29, 1.82) is 0 Å². The SMILES string of the molecule is COc1cccc(CCC(=O)N2C[C@H](O)C[C@@H]2c2cccc(F)c2)c1. The highest BCUT2D eigenvalue weighted by atomic mass is 19.1. The van der Waals surface area contributed by atoms with Gasteiger partial charge in [-0.3, -0.25) is 4.79 Å². The first kappa shape index (κ1) is 17.4. The average molecular weight is 343 g/mol. The number of ether oxygens (including phenoxy) is 1. The quantitative estimate of drug-likeness (QED) is 0.908. The summed E-state index contributed by atoms with van der Waals surface area (Å²) in [5.74, 6) is 0.399. The zero-order chi connectivity index (χ0) is 17.8. The molecule has 0 aromatic heterocycles. The molecular weight excluding hydrogens is 321 g/mol. The van der Waals surface area contributed by atoms with Crippen LogP contribution >= 0.6 is 0 Å². The smallest absolute Gasteiger partial charge is 0.223 e. The number of aliphatic hydroxyl groups excluding tert-OH is 1. The Hall–Kier alpha value is -2.40. The van der Waals surface area contributed by atoms with Crippen LogP contribution in [0, 0.1) is 5.82 Å². The highest BCUT2D eigenvalue weighted by Crippen LogP contribution is 2.33. The normalized spacial score (nSPS) is 19.9. The highest BCUT2D eigenvalue weighted by molar-refractivity contribution is 5.77. The monoisotopic (exact) mass is 343 g/mol. The topological polar surface area (TPSA) is 49.8 Å². The van der Waals surface area contributed by atoms with Gasteiger partial charge in [-0.05, 0) is 48.2 Å². The predicted molar refractivity (Wildman–Crippen MR) is 92.8 cm³/mol. The highest BCUT2D eigenvalue weighted by Gasteiger charge is 2.35. The van der Waals surface area contributed by atoms with E-state index in [1.807, 2.05) is 24.3 Å². The van der Waals surface area contributed by atoms with E-state index in [9.17, 15) is 14.3 Å². The van der Waals surface area contributed by atoms with Gasteiger partial charge in [0, 0.05) is 13.0 Å². The molecule has 1 aliphatic heterocycles. The number of hydrogen-bond donors (Lipinski definition) is 1. The van der Waals surface area contributed by atoms with Crippen molar-refractivity contribution in [2.45, 2.75) is 31.4 Å². The number of rotatable bonds is 5. The number of benzene rings is 2. The number of carbonyl (C=O) groups is 1. The molecule has 2 atom stereocenters. The third-order valence-electron chi connectivity index (χ3n) is 4.59. The number of aliphatic hydroxyl groups is 1. The molecule has 5 heteroatoms. The number of amides is 1. The van der Waals surface area contributed by atoms with Crippen LogP contribution in [-0.2, 0) is 11.2 Å². The van der Waals surface area contributed by atoms with E-state index < -0.39 is 6.10 Å². The van der Waals surface area contributed by atoms with Gasteiger partial charge in [-0.1, -0.05) is 24.3 Å². The number of hydrogen-bond acceptors (Lipinski definition) is 3. The van der Waals surface area contributed by atoms with Crippen molar-refractivity contribution in [2.75, 3.05) is 13.7 Å². The molecule has 0 radical (unpaired) electrons. The summed E-state index contributed by atoms with van der Waals surface area (Å²) in [7, 11) is 1.61. The molecule has 0 bridgehead atoms. The van der Waals surface area contributed by atoms with Gasteiger partial charge >= 0.3 is 0 Å². The van der Waals surface area contributed by atoms with Crippen LogP contribution in [0.15, 0.2) is 48.5 Å². The summed E-state index contributed by atoms with van der Waals surface area (Å²) >= 11 is 0. The van der Waals surface area contributed by atoms with Crippen molar-refractivity contribution in [3.63, 3.8) is 0 Å². The van der Waals surface area contributed by atoms with E-state index in [1.165, 1.54) is 12.1 Å². The lowest BCUT2D eigenvalue weighted by atomic mass is 10.0. The molecule has 1 N–H and O–H groups in total. The maximum Gasteiger partial charge on any atom is 0.223 e. The standard InChI is InChI=1S/C20H22FNO3/c1-25-18-7-2-4-14(10-18)8-9-20(24)22-13-17(23)12-19(22)15-5-3-6-16(21)11-15/h2-7,10-11,17,19,23H,8-9,12-13H2,1H3/t17-,19-/m1/s1. The molecule has 1 heterocycles. The van der Waals surface area contributed by atoms with E-state index in [4.69, 9.17) is 4.74 Å². The minimum absolute atomic E-state index is 0.0337. The minimum atomic E-state index is -0.575. The van der Waals surface area contributed by atoms with Crippen molar-refractivity contribution >= 4 is 5.91 Å². The number of β-amino-alcohol motifs (C(OH)–C–C–N with tert-alkyl or cyclic N) is 1. The second kappa shape index (κ2) is 7.66. The fourth-order valence-corrected chi connectivity index (χ4v) is 3.34. The second-order valence-electron chi connectivity index (χ2n) is 6.36. The van der Waals surface area contributed by atoms with E-state index in [0.29, 0.717) is 19.3 Å². The molecule has 0 unspecified atom stereocenters. The summed E-state index contributed by atoms with van der Waals surface area (Å²) < 4.78 is 18.7. The van der Waals surface area contributed by atoms with Crippen LogP contribution in [-0.4, -0.2) is 35.7 Å². The van der Waals surface area contributed by atoms with Crippen LogP contribution in [0.4, 0.5) is 4.39 Å². The molecule has 1 fully saturated rings. The Labute approximate surface area is 146 Å². The molecular formula is C20H22FNO3. The molecule has 132 valence electrons. The molecule has 0 aliphatic carbocycles. The first-order valence-electron chi connectivity index (χ1n) is 8.42. The fourth-order valence-electron chi connectivity index (χ4n) is 3.34. The van der Waals surface area contributed by atoms with Crippen molar-refractivity contribution in [1.82, 2.24) is 4.90 Å². The summed E-state index contributed by atoms with van der Waals surface area (Å²) in [5, 5.41) is 10.00. The summed E-state index contributed by atoms with van der Waals surface area (Å²) in [6.07, 6.45) is 0.799. The van der Waals surface area contributed by atoms with Crippen LogP contribution < -0.4 is 4.74 Å². The van der Waals surface area contributed by atoms with Crippen molar-refractivity contribution in [3.8, 4) is 5.75 Å². The van der Waals surface area contributed by atoms with Gasteiger partial charge in [-0.25, -0.2) is 4.39 Å². The number of aryl methyl sites for hydroxylation is 1. The van der Waals surface area contributed by atoms with E-state index in [2.05, 4.69) is 0 Å². The summed E-state index contributed by atoms with van der Waals surface area (Å²) in [6.45, 7) is 0.290. The maximum absolute atomic E-state index is 13.5. The van der Waals surface area contributed by atoms with Crippen molar-refractivity contribution in [3.05, 3.63) is 65.5 Å².